The number of likely N-dealkylation sites (tertiary alicyclic amines) is 1. The van der Waals surface area contributed by atoms with E-state index in [-0.39, 0.29) is 32.2 Å². The van der Waals surface area contributed by atoms with E-state index in [1.807, 2.05) is 6.07 Å². The summed E-state index contributed by atoms with van der Waals surface area (Å²) in [4.78, 5) is 70.6. The van der Waals surface area contributed by atoms with Crippen molar-refractivity contribution in [3.63, 3.8) is 0 Å². The number of aromatic nitrogens is 2. The zero-order valence-corrected chi connectivity index (χ0v) is 20.8. The molecule has 4 unspecified atom stereocenters. The van der Waals surface area contributed by atoms with Crippen molar-refractivity contribution in [2.45, 2.75) is 62.7 Å². The number of aliphatic carboxylic acids is 1. The smallest absolute Gasteiger partial charge is 0.326 e. The summed E-state index contributed by atoms with van der Waals surface area (Å²) < 4.78 is 0. The number of carbonyl (C=O) groups excluding carboxylic acids is 4. The first-order chi connectivity index (χ1) is 18.2. The molecule has 2 heterocycles. The standard InChI is InChI=1S/C25H33N7O6/c26-17(12-16-13-28-14-29-16)22(34)31-19(11-15-5-2-1-3-6-15)23(35)30-18(8-9-21(27)33)24(36)32-10-4-7-20(32)25(37)38/h1-3,5-6,13-14,17-20H,4,7-12,26H2,(H2,27,33)(H,28,29)(H,30,35)(H,31,34)(H,37,38). The fourth-order valence-electron chi connectivity index (χ4n) is 4.37. The van der Waals surface area contributed by atoms with Crippen molar-refractivity contribution in [2.75, 3.05) is 6.54 Å². The lowest BCUT2D eigenvalue weighted by Crippen LogP contribution is -2.58. The Morgan fingerprint density at radius 3 is 2.42 bits per heavy atom. The van der Waals surface area contributed by atoms with E-state index in [2.05, 4.69) is 20.6 Å². The van der Waals surface area contributed by atoms with Gasteiger partial charge in [0.2, 0.25) is 23.6 Å². The first-order valence-electron chi connectivity index (χ1n) is 12.3. The van der Waals surface area contributed by atoms with E-state index in [0.29, 0.717) is 18.5 Å². The van der Waals surface area contributed by atoms with Gasteiger partial charge in [0.15, 0.2) is 0 Å². The number of nitrogens with one attached hydrogen (secondary N) is 3. The van der Waals surface area contributed by atoms with E-state index >= 15 is 0 Å². The molecule has 4 amide bonds. The van der Waals surface area contributed by atoms with Crippen LogP contribution in [0, 0.1) is 0 Å². The lowest BCUT2D eigenvalue weighted by atomic mass is 10.0. The number of amides is 4. The fraction of sp³-hybridized carbons (Fsp3) is 0.440. The van der Waals surface area contributed by atoms with Crippen molar-refractivity contribution >= 4 is 29.6 Å². The molecule has 0 aliphatic carbocycles. The zero-order valence-electron chi connectivity index (χ0n) is 20.8. The van der Waals surface area contributed by atoms with Crippen molar-refractivity contribution in [1.29, 1.82) is 0 Å². The van der Waals surface area contributed by atoms with Gasteiger partial charge in [-0.25, -0.2) is 9.78 Å². The molecule has 1 aliphatic heterocycles. The van der Waals surface area contributed by atoms with Crippen molar-refractivity contribution in [3.05, 3.63) is 54.1 Å². The van der Waals surface area contributed by atoms with Gasteiger partial charge in [0.05, 0.1) is 12.4 Å². The first kappa shape index (κ1) is 28.3. The molecule has 0 radical (unpaired) electrons. The molecule has 1 aromatic carbocycles. The molecule has 1 aromatic heterocycles. The third kappa shape index (κ3) is 7.87. The Hall–Kier alpha value is -4.26. The number of carboxylic acids is 1. The molecule has 1 saturated heterocycles. The number of imidazole rings is 1. The summed E-state index contributed by atoms with van der Waals surface area (Å²) in [7, 11) is 0. The third-order valence-corrected chi connectivity index (χ3v) is 6.36. The summed E-state index contributed by atoms with van der Waals surface area (Å²) in [6.45, 7) is 0.214. The molecule has 0 saturated carbocycles. The van der Waals surface area contributed by atoms with Crippen LogP contribution in [0.2, 0.25) is 0 Å². The molecule has 13 heteroatoms. The van der Waals surface area contributed by atoms with Crippen LogP contribution in [0.25, 0.3) is 0 Å². The van der Waals surface area contributed by atoms with Crippen molar-refractivity contribution in [3.8, 4) is 0 Å². The Morgan fingerprint density at radius 1 is 1.08 bits per heavy atom. The predicted octanol–water partition coefficient (Wildman–Crippen LogP) is -1.17. The van der Waals surface area contributed by atoms with E-state index in [1.165, 1.54) is 11.2 Å². The van der Waals surface area contributed by atoms with Gasteiger partial charge in [0.1, 0.15) is 18.1 Å². The second kappa shape index (κ2) is 13.3. The molecular formula is C25H33N7O6. The van der Waals surface area contributed by atoms with E-state index < -0.39 is 53.8 Å². The molecular weight excluding hydrogens is 494 g/mol. The number of rotatable bonds is 13. The molecule has 1 fully saturated rings. The number of nitrogens with two attached hydrogens (primary N) is 2. The Morgan fingerprint density at radius 2 is 1.79 bits per heavy atom. The molecule has 2 aromatic rings. The van der Waals surface area contributed by atoms with Gasteiger partial charge in [-0.3, -0.25) is 19.2 Å². The van der Waals surface area contributed by atoms with E-state index in [4.69, 9.17) is 11.5 Å². The maximum atomic E-state index is 13.4. The van der Waals surface area contributed by atoms with Gasteiger partial charge in [0, 0.05) is 37.7 Å². The minimum Gasteiger partial charge on any atom is -0.480 e. The summed E-state index contributed by atoms with van der Waals surface area (Å²) in [5, 5.41) is 14.8. The number of H-pyrrole nitrogens is 1. The van der Waals surface area contributed by atoms with Crippen LogP contribution in [0.5, 0.6) is 0 Å². The summed E-state index contributed by atoms with van der Waals surface area (Å²) in [5.74, 6) is -3.69. The molecule has 0 bridgehead atoms. The van der Waals surface area contributed by atoms with Gasteiger partial charge < -0.3 is 37.1 Å². The van der Waals surface area contributed by atoms with Crippen LogP contribution in [0.3, 0.4) is 0 Å². The number of nitrogens with zero attached hydrogens (tertiary/aromatic N) is 2. The molecule has 8 N–H and O–H groups in total. The highest BCUT2D eigenvalue weighted by Crippen LogP contribution is 2.20. The number of hydrogen-bond acceptors (Lipinski definition) is 7. The van der Waals surface area contributed by atoms with Crippen molar-refractivity contribution in [1.82, 2.24) is 25.5 Å². The molecule has 4 atom stereocenters. The normalized spacial score (nSPS) is 17.3. The van der Waals surface area contributed by atoms with Crippen molar-refractivity contribution < 1.29 is 29.1 Å². The molecule has 38 heavy (non-hydrogen) atoms. The Balaban J connectivity index is 1.78. The zero-order chi connectivity index (χ0) is 27.7. The summed E-state index contributed by atoms with van der Waals surface area (Å²) in [5.41, 5.74) is 12.7. The number of benzene rings is 1. The Kier molecular flexibility index (Phi) is 9.93. The second-order valence-electron chi connectivity index (χ2n) is 9.23. The summed E-state index contributed by atoms with van der Waals surface area (Å²) >= 11 is 0. The topological polar surface area (TPSA) is 214 Å². The monoisotopic (exact) mass is 527 g/mol. The number of primary amides is 1. The van der Waals surface area contributed by atoms with Gasteiger partial charge in [0.25, 0.3) is 0 Å². The predicted molar refractivity (Wildman–Crippen MR) is 135 cm³/mol. The van der Waals surface area contributed by atoms with Gasteiger partial charge in [-0.2, -0.15) is 0 Å². The van der Waals surface area contributed by atoms with Gasteiger partial charge in [-0.1, -0.05) is 30.3 Å². The van der Waals surface area contributed by atoms with E-state index in [1.54, 1.807) is 30.5 Å². The SMILES string of the molecule is NC(=O)CCC(NC(=O)C(Cc1ccccc1)NC(=O)C(N)Cc1cnc[nH]1)C(=O)N1CCCC1C(=O)O. The molecule has 13 nitrogen and oxygen atoms in total. The molecule has 204 valence electrons. The van der Waals surface area contributed by atoms with Crippen molar-refractivity contribution in [2.24, 2.45) is 11.5 Å². The van der Waals surface area contributed by atoms with Crippen LogP contribution < -0.4 is 22.1 Å². The lowest BCUT2D eigenvalue weighted by molar-refractivity contribution is -0.149. The fourth-order valence-corrected chi connectivity index (χ4v) is 4.37. The second-order valence-corrected chi connectivity index (χ2v) is 9.23. The van der Waals surface area contributed by atoms with Crippen LogP contribution in [0.1, 0.15) is 36.9 Å². The first-order valence-corrected chi connectivity index (χ1v) is 12.3. The number of hydrogen-bond donors (Lipinski definition) is 6. The van der Waals surface area contributed by atoms with E-state index in [0.717, 1.165) is 5.56 Å². The number of carboxylic acid groups (broad SMARTS) is 1. The Labute approximate surface area is 219 Å². The number of carbonyl (C=O) groups is 5. The summed E-state index contributed by atoms with van der Waals surface area (Å²) in [6.07, 6.45) is 3.74. The average molecular weight is 528 g/mol. The number of aromatic amines is 1. The lowest BCUT2D eigenvalue weighted by Gasteiger charge is -2.29. The molecule has 0 spiro atoms. The molecule has 1 aliphatic rings. The Bertz CT molecular complexity index is 1120. The highest BCUT2D eigenvalue weighted by atomic mass is 16.4. The average Bonchev–Trinajstić information content (AvgIpc) is 3.58. The quantitative estimate of drug-likeness (QED) is 0.186. The minimum atomic E-state index is -1.20. The van der Waals surface area contributed by atoms with Crippen LogP contribution in [0.15, 0.2) is 42.9 Å². The van der Waals surface area contributed by atoms with Crippen LogP contribution in [-0.2, 0) is 36.8 Å². The van der Waals surface area contributed by atoms with Crippen LogP contribution in [-0.4, -0.2) is 80.3 Å². The van der Waals surface area contributed by atoms with Gasteiger partial charge in [-0.15, -0.1) is 0 Å². The van der Waals surface area contributed by atoms with Crippen LogP contribution >= 0.6 is 0 Å². The largest absolute Gasteiger partial charge is 0.480 e. The third-order valence-electron chi connectivity index (χ3n) is 6.36. The highest BCUT2D eigenvalue weighted by Gasteiger charge is 2.38. The van der Waals surface area contributed by atoms with E-state index in [9.17, 15) is 29.1 Å². The minimum absolute atomic E-state index is 0.105. The van der Waals surface area contributed by atoms with Crippen LogP contribution in [0.4, 0.5) is 0 Å². The maximum absolute atomic E-state index is 13.4. The van der Waals surface area contributed by atoms with Gasteiger partial charge >= 0.3 is 5.97 Å². The molecule has 3 rings (SSSR count). The highest BCUT2D eigenvalue weighted by molar-refractivity contribution is 5.94. The maximum Gasteiger partial charge on any atom is 0.326 e. The van der Waals surface area contributed by atoms with Gasteiger partial charge in [-0.05, 0) is 24.8 Å². The summed E-state index contributed by atoms with van der Waals surface area (Å²) in [6, 6.07) is 4.65.